The first-order valence-corrected chi connectivity index (χ1v) is 5.94. The van der Waals surface area contributed by atoms with E-state index in [1.807, 2.05) is 31.0 Å². The number of aromatic nitrogens is 5. The maximum Gasteiger partial charge on any atom is 0.211 e. The van der Waals surface area contributed by atoms with Crippen LogP contribution in [0.25, 0.3) is 17.2 Å². The Bertz CT molecular complexity index is 667. The van der Waals surface area contributed by atoms with Crippen molar-refractivity contribution in [2.45, 2.75) is 13.3 Å². The number of nitrogens with two attached hydrogens (primary N) is 1. The highest BCUT2D eigenvalue weighted by atomic mass is 15.3. The molecule has 0 fully saturated rings. The first kappa shape index (κ1) is 11.0. The zero-order valence-electron chi connectivity index (χ0n) is 10.5. The van der Waals surface area contributed by atoms with E-state index >= 15 is 0 Å². The summed E-state index contributed by atoms with van der Waals surface area (Å²) in [6.07, 6.45) is 6.60. The molecule has 94 valence electrons. The van der Waals surface area contributed by atoms with Crippen molar-refractivity contribution in [3.63, 3.8) is 0 Å². The van der Waals surface area contributed by atoms with Crippen LogP contribution in [-0.2, 0) is 13.5 Å². The summed E-state index contributed by atoms with van der Waals surface area (Å²) in [4.78, 5) is 7.66. The number of aryl methyl sites for hydroxylation is 2. The molecular weight excluding hydrogens is 228 g/mol. The maximum absolute atomic E-state index is 5.59. The minimum absolute atomic E-state index is 0.624. The average molecular weight is 244 g/mol. The largest absolute Gasteiger partial charge is 0.330 e. The Morgan fingerprint density at radius 2 is 2.22 bits per heavy atom. The molecule has 0 amide bonds. The first-order chi connectivity index (χ1) is 8.70. The van der Waals surface area contributed by atoms with E-state index in [1.54, 1.807) is 0 Å². The molecule has 0 aliphatic carbocycles. The van der Waals surface area contributed by atoms with Gasteiger partial charge in [0.15, 0.2) is 0 Å². The van der Waals surface area contributed by atoms with Crippen LogP contribution in [-0.4, -0.2) is 30.7 Å². The molecule has 3 aromatic rings. The number of imidazole rings is 2. The van der Waals surface area contributed by atoms with Crippen molar-refractivity contribution in [1.29, 1.82) is 0 Å². The lowest BCUT2D eigenvalue weighted by molar-refractivity contribution is 0.773. The summed E-state index contributed by atoms with van der Waals surface area (Å²) in [5.41, 5.74) is 9.96. The number of nitrogens with one attached hydrogen (secondary N) is 1. The molecule has 0 unspecified atom stereocenters. The zero-order valence-corrected chi connectivity index (χ0v) is 10.5. The number of hydrogen-bond donors (Lipinski definition) is 2. The number of fused-ring (bicyclic) bond motifs is 1. The number of hydrogen-bond acceptors (Lipinski definition) is 3. The summed E-state index contributed by atoms with van der Waals surface area (Å²) in [6.45, 7) is 2.67. The van der Waals surface area contributed by atoms with Gasteiger partial charge in [0.2, 0.25) is 5.78 Å². The summed E-state index contributed by atoms with van der Waals surface area (Å²) in [6, 6.07) is 0. The standard InChI is InChI=1S/C12H16N6/c1-8-5-15-17(2)11(8)10-7-18-9(3-4-13)6-14-12(18)16-10/h5-7H,3-4,13H2,1-2H3,(H,14,16). The van der Waals surface area contributed by atoms with Crippen LogP contribution in [0.1, 0.15) is 11.3 Å². The van der Waals surface area contributed by atoms with E-state index in [0.717, 1.165) is 34.8 Å². The molecule has 0 bridgehead atoms. The van der Waals surface area contributed by atoms with Crippen LogP contribution in [0.4, 0.5) is 0 Å². The first-order valence-electron chi connectivity index (χ1n) is 5.94. The van der Waals surface area contributed by atoms with Gasteiger partial charge >= 0.3 is 0 Å². The summed E-state index contributed by atoms with van der Waals surface area (Å²) in [5, 5.41) is 4.25. The van der Waals surface area contributed by atoms with Crippen molar-refractivity contribution >= 4 is 5.78 Å². The third kappa shape index (κ3) is 1.53. The smallest absolute Gasteiger partial charge is 0.211 e. The van der Waals surface area contributed by atoms with Gasteiger partial charge in [-0.05, 0) is 19.0 Å². The molecule has 0 aliphatic rings. The van der Waals surface area contributed by atoms with Gasteiger partial charge in [-0.2, -0.15) is 5.10 Å². The average Bonchev–Trinajstić information content (AvgIpc) is 2.97. The second-order valence-corrected chi connectivity index (χ2v) is 4.45. The quantitative estimate of drug-likeness (QED) is 0.717. The highest BCUT2D eigenvalue weighted by Gasteiger charge is 2.12. The SMILES string of the molecule is Cc1cnn(C)c1-c1cn2c(CCN)cnc2[nH]1. The van der Waals surface area contributed by atoms with Gasteiger partial charge in [-0.3, -0.25) is 9.08 Å². The summed E-state index contributed by atoms with van der Waals surface area (Å²) in [7, 11) is 1.94. The predicted octanol–water partition coefficient (Wildman–Crippen LogP) is 0.873. The Hall–Kier alpha value is -2.08. The molecule has 0 aliphatic heterocycles. The Morgan fingerprint density at radius 3 is 2.89 bits per heavy atom. The highest BCUT2D eigenvalue weighted by molar-refractivity contribution is 5.61. The number of nitrogens with zero attached hydrogens (tertiary/aromatic N) is 4. The minimum atomic E-state index is 0.624. The molecule has 0 atom stereocenters. The van der Waals surface area contributed by atoms with Crippen molar-refractivity contribution in [2.75, 3.05) is 6.54 Å². The van der Waals surface area contributed by atoms with Crippen molar-refractivity contribution in [2.24, 2.45) is 12.8 Å². The summed E-state index contributed by atoms with van der Waals surface area (Å²) < 4.78 is 3.91. The Labute approximate surface area is 104 Å². The van der Waals surface area contributed by atoms with Gasteiger partial charge in [-0.15, -0.1) is 0 Å². The van der Waals surface area contributed by atoms with Gasteiger partial charge in [0.05, 0.1) is 23.8 Å². The molecule has 3 heterocycles. The predicted molar refractivity (Wildman–Crippen MR) is 69.2 cm³/mol. The molecule has 0 aromatic carbocycles. The number of rotatable bonds is 3. The lowest BCUT2D eigenvalue weighted by Crippen LogP contribution is -2.04. The van der Waals surface area contributed by atoms with Gasteiger partial charge in [-0.25, -0.2) is 4.98 Å². The Morgan fingerprint density at radius 1 is 1.39 bits per heavy atom. The van der Waals surface area contributed by atoms with E-state index < -0.39 is 0 Å². The van der Waals surface area contributed by atoms with E-state index in [0.29, 0.717) is 6.54 Å². The lowest BCUT2D eigenvalue weighted by atomic mass is 10.2. The molecule has 6 nitrogen and oxygen atoms in total. The summed E-state index contributed by atoms with van der Waals surface area (Å²) in [5.74, 6) is 0.842. The summed E-state index contributed by atoms with van der Waals surface area (Å²) >= 11 is 0. The molecule has 3 rings (SSSR count). The fourth-order valence-electron chi connectivity index (χ4n) is 2.30. The molecule has 6 heteroatoms. The van der Waals surface area contributed by atoms with Crippen molar-refractivity contribution in [1.82, 2.24) is 24.1 Å². The highest BCUT2D eigenvalue weighted by Crippen LogP contribution is 2.22. The van der Waals surface area contributed by atoms with Crippen molar-refractivity contribution < 1.29 is 0 Å². The number of H-pyrrole nitrogens is 1. The van der Waals surface area contributed by atoms with E-state index in [1.165, 1.54) is 0 Å². The van der Waals surface area contributed by atoms with E-state index in [4.69, 9.17) is 5.73 Å². The third-order valence-corrected chi connectivity index (χ3v) is 3.16. The second-order valence-electron chi connectivity index (χ2n) is 4.45. The van der Waals surface area contributed by atoms with Gasteiger partial charge in [0.1, 0.15) is 0 Å². The molecule has 3 N–H and O–H groups in total. The van der Waals surface area contributed by atoms with E-state index in [2.05, 4.69) is 25.7 Å². The fraction of sp³-hybridized carbons (Fsp3) is 0.333. The van der Waals surface area contributed by atoms with Crippen LogP contribution in [0, 0.1) is 6.92 Å². The molecule has 0 spiro atoms. The van der Waals surface area contributed by atoms with Crippen LogP contribution < -0.4 is 5.73 Å². The molecule has 3 aromatic heterocycles. The van der Waals surface area contributed by atoms with Crippen molar-refractivity contribution in [3.8, 4) is 11.4 Å². The fourth-order valence-corrected chi connectivity index (χ4v) is 2.30. The van der Waals surface area contributed by atoms with Crippen LogP contribution in [0.5, 0.6) is 0 Å². The molecule has 0 saturated carbocycles. The Balaban J connectivity index is 2.14. The van der Waals surface area contributed by atoms with Crippen LogP contribution in [0.3, 0.4) is 0 Å². The van der Waals surface area contributed by atoms with Gasteiger partial charge in [0, 0.05) is 25.4 Å². The van der Waals surface area contributed by atoms with E-state index in [9.17, 15) is 0 Å². The second kappa shape index (κ2) is 3.99. The molecule has 18 heavy (non-hydrogen) atoms. The van der Waals surface area contributed by atoms with Crippen molar-refractivity contribution in [3.05, 3.63) is 29.8 Å². The van der Waals surface area contributed by atoms with Crippen LogP contribution in [0.2, 0.25) is 0 Å². The maximum atomic E-state index is 5.59. The lowest BCUT2D eigenvalue weighted by Gasteiger charge is -1.99. The van der Waals surface area contributed by atoms with Gasteiger partial charge in [-0.1, -0.05) is 0 Å². The Kier molecular flexibility index (Phi) is 2.45. The van der Waals surface area contributed by atoms with Crippen LogP contribution in [0.15, 0.2) is 18.6 Å². The monoisotopic (exact) mass is 244 g/mol. The minimum Gasteiger partial charge on any atom is -0.330 e. The third-order valence-electron chi connectivity index (χ3n) is 3.16. The van der Waals surface area contributed by atoms with Gasteiger partial charge < -0.3 is 10.7 Å². The molecule has 0 radical (unpaired) electrons. The van der Waals surface area contributed by atoms with Crippen LogP contribution >= 0.6 is 0 Å². The normalized spacial score (nSPS) is 11.5. The zero-order chi connectivity index (χ0) is 12.7. The topological polar surface area (TPSA) is 76.9 Å². The van der Waals surface area contributed by atoms with E-state index in [-0.39, 0.29) is 0 Å². The molecule has 0 saturated heterocycles. The number of aromatic amines is 1. The van der Waals surface area contributed by atoms with Gasteiger partial charge in [0.25, 0.3) is 0 Å². The molecular formula is C12H16N6.